The van der Waals surface area contributed by atoms with E-state index in [0.29, 0.717) is 23.3 Å². The van der Waals surface area contributed by atoms with Crippen molar-refractivity contribution >= 4 is 23.3 Å². The highest BCUT2D eigenvalue weighted by Gasteiger charge is 2.32. The lowest BCUT2D eigenvalue weighted by molar-refractivity contribution is 0.142. The van der Waals surface area contributed by atoms with E-state index < -0.39 is 0 Å². The Balaban J connectivity index is 1.55. The summed E-state index contributed by atoms with van der Waals surface area (Å²) in [5.74, 6) is 0.929. The Labute approximate surface area is 174 Å². The fraction of sp³-hybridized carbons (Fsp3) is 0.318. The van der Waals surface area contributed by atoms with Crippen LogP contribution >= 0.6 is 11.6 Å². The monoisotopic (exact) mass is 410 g/mol. The number of urea groups is 1. The molecule has 1 atom stereocenters. The minimum absolute atomic E-state index is 0.149. The number of carbonyl (C=O) groups is 1. The van der Waals surface area contributed by atoms with Crippen LogP contribution in [0.15, 0.2) is 47.0 Å². The molecule has 1 aromatic heterocycles. The molecule has 0 aliphatic carbocycles. The van der Waals surface area contributed by atoms with E-state index in [1.807, 2.05) is 38.1 Å². The normalized spacial score (nSPS) is 16.7. The van der Waals surface area contributed by atoms with Crippen LogP contribution in [0, 0.1) is 13.8 Å². The van der Waals surface area contributed by atoms with Gasteiger partial charge in [0, 0.05) is 22.8 Å². The van der Waals surface area contributed by atoms with E-state index in [9.17, 15) is 4.79 Å². The first-order chi connectivity index (χ1) is 14.0. The van der Waals surface area contributed by atoms with E-state index in [1.165, 1.54) is 0 Å². The third-order valence-corrected chi connectivity index (χ3v) is 5.43. The summed E-state index contributed by atoms with van der Waals surface area (Å²) in [5, 5.41) is 7.75. The lowest BCUT2D eigenvalue weighted by Crippen LogP contribution is -2.41. The number of aromatic nitrogens is 2. The predicted octanol–water partition coefficient (Wildman–Crippen LogP) is 5.77. The summed E-state index contributed by atoms with van der Waals surface area (Å²) in [6.07, 6.45) is 2.75. The Kier molecular flexibility index (Phi) is 5.53. The van der Waals surface area contributed by atoms with Gasteiger partial charge in [0.15, 0.2) is 0 Å². The largest absolute Gasteiger partial charge is 0.337 e. The minimum Gasteiger partial charge on any atom is -0.337 e. The van der Waals surface area contributed by atoms with Crippen molar-refractivity contribution in [1.82, 2.24) is 15.0 Å². The summed E-state index contributed by atoms with van der Waals surface area (Å²) in [4.78, 5) is 19.4. The van der Waals surface area contributed by atoms with Crippen LogP contribution in [-0.2, 0) is 0 Å². The number of hydrogen-bond acceptors (Lipinski definition) is 4. The van der Waals surface area contributed by atoms with E-state index in [2.05, 4.69) is 21.5 Å². The molecule has 2 amide bonds. The standard InChI is InChI=1S/C22H23ClN4O2/c1-14-9-10-18(15(2)12-14)24-22(28)27-11-4-3-8-19(27)21-25-20(26-29-21)16-6-5-7-17(23)13-16/h5-7,9-10,12-13,19H,3-4,8,11H2,1-2H3,(H,24,28). The highest BCUT2D eigenvalue weighted by molar-refractivity contribution is 6.30. The topological polar surface area (TPSA) is 71.3 Å². The van der Waals surface area contributed by atoms with Crippen molar-refractivity contribution < 1.29 is 9.32 Å². The molecule has 2 heterocycles. The van der Waals surface area contributed by atoms with E-state index >= 15 is 0 Å². The van der Waals surface area contributed by atoms with Gasteiger partial charge in [-0.3, -0.25) is 0 Å². The van der Waals surface area contributed by atoms with Crippen LogP contribution in [0.4, 0.5) is 10.5 Å². The van der Waals surface area contributed by atoms with Crippen LogP contribution in [-0.4, -0.2) is 27.6 Å². The molecule has 1 aliphatic heterocycles. The molecule has 4 rings (SSSR count). The second kappa shape index (κ2) is 8.25. The molecular weight excluding hydrogens is 388 g/mol. The average Bonchev–Trinajstić information content (AvgIpc) is 3.20. The Morgan fingerprint density at radius 3 is 2.86 bits per heavy atom. The average molecular weight is 411 g/mol. The van der Waals surface area contributed by atoms with Gasteiger partial charge in [0.05, 0.1) is 0 Å². The molecule has 1 N–H and O–H groups in total. The summed E-state index contributed by atoms with van der Waals surface area (Å²) in [6.45, 7) is 4.67. The van der Waals surface area contributed by atoms with Crippen LogP contribution in [0.5, 0.6) is 0 Å². The lowest BCUT2D eigenvalue weighted by Gasteiger charge is -2.33. The van der Waals surface area contributed by atoms with Crippen molar-refractivity contribution in [2.24, 2.45) is 0 Å². The second-order valence-corrected chi connectivity index (χ2v) is 7.86. The first-order valence-corrected chi connectivity index (χ1v) is 10.1. The number of benzene rings is 2. The van der Waals surface area contributed by atoms with Gasteiger partial charge in [0.25, 0.3) is 0 Å². The van der Waals surface area contributed by atoms with Crippen molar-refractivity contribution in [1.29, 1.82) is 0 Å². The number of nitrogens with one attached hydrogen (secondary N) is 1. The third-order valence-electron chi connectivity index (χ3n) is 5.20. The maximum absolute atomic E-state index is 13.0. The zero-order valence-electron chi connectivity index (χ0n) is 16.5. The molecule has 0 bridgehead atoms. The van der Waals surface area contributed by atoms with Crippen molar-refractivity contribution in [2.45, 2.75) is 39.2 Å². The molecule has 0 radical (unpaired) electrons. The number of nitrogens with zero attached hydrogens (tertiary/aromatic N) is 3. The van der Waals surface area contributed by atoms with Crippen LogP contribution in [0.3, 0.4) is 0 Å². The Morgan fingerprint density at radius 1 is 1.21 bits per heavy atom. The summed E-state index contributed by atoms with van der Waals surface area (Å²) < 4.78 is 5.54. The highest BCUT2D eigenvalue weighted by atomic mass is 35.5. The van der Waals surface area contributed by atoms with Crippen LogP contribution in [0.1, 0.15) is 42.3 Å². The van der Waals surface area contributed by atoms with Gasteiger partial charge < -0.3 is 14.7 Å². The van der Waals surface area contributed by atoms with E-state index in [0.717, 1.165) is 41.6 Å². The fourth-order valence-electron chi connectivity index (χ4n) is 3.69. The Bertz CT molecular complexity index is 1030. The SMILES string of the molecule is Cc1ccc(NC(=O)N2CCCCC2c2nc(-c3cccc(Cl)c3)no2)c(C)c1. The van der Waals surface area contributed by atoms with Gasteiger partial charge in [-0.1, -0.05) is 46.6 Å². The zero-order valence-corrected chi connectivity index (χ0v) is 17.2. The molecule has 2 aromatic carbocycles. The lowest BCUT2D eigenvalue weighted by atomic mass is 10.0. The van der Waals surface area contributed by atoms with Crippen molar-refractivity contribution in [3.63, 3.8) is 0 Å². The number of anilines is 1. The maximum Gasteiger partial charge on any atom is 0.322 e. The number of aryl methyl sites for hydroxylation is 2. The summed E-state index contributed by atoms with van der Waals surface area (Å²) in [7, 11) is 0. The van der Waals surface area contributed by atoms with Gasteiger partial charge in [0.1, 0.15) is 6.04 Å². The van der Waals surface area contributed by atoms with Gasteiger partial charge in [0.2, 0.25) is 11.7 Å². The number of piperidine rings is 1. The van der Waals surface area contributed by atoms with E-state index in [4.69, 9.17) is 16.1 Å². The third kappa shape index (κ3) is 4.27. The molecule has 1 fully saturated rings. The van der Waals surface area contributed by atoms with E-state index in [1.54, 1.807) is 17.0 Å². The van der Waals surface area contributed by atoms with Gasteiger partial charge >= 0.3 is 6.03 Å². The molecule has 1 saturated heterocycles. The van der Waals surface area contributed by atoms with Gasteiger partial charge in [-0.25, -0.2) is 4.79 Å². The van der Waals surface area contributed by atoms with Crippen LogP contribution < -0.4 is 5.32 Å². The molecule has 29 heavy (non-hydrogen) atoms. The Morgan fingerprint density at radius 2 is 2.07 bits per heavy atom. The van der Waals surface area contributed by atoms with Crippen molar-refractivity contribution in [2.75, 3.05) is 11.9 Å². The number of amides is 2. The predicted molar refractivity (Wildman–Crippen MR) is 113 cm³/mol. The summed E-state index contributed by atoms with van der Waals surface area (Å²) >= 11 is 6.07. The molecule has 7 heteroatoms. The number of rotatable bonds is 3. The maximum atomic E-state index is 13.0. The molecule has 6 nitrogen and oxygen atoms in total. The zero-order chi connectivity index (χ0) is 20.4. The van der Waals surface area contributed by atoms with Crippen molar-refractivity contribution in [3.05, 3.63) is 64.5 Å². The highest BCUT2D eigenvalue weighted by Crippen LogP contribution is 2.32. The fourth-order valence-corrected chi connectivity index (χ4v) is 3.88. The summed E-state index contributed by atoms with van der Waals surface area (Å²) in [5.41, 5.74) is 3.80. The molecule has 1 aliphatic rings. The van der Waals surface area contributed by atoms with Crippen LogP contribution in [0.25, 0.3) is 11.4 Å². The quantitative estimate of drug-likeness (QED) is 0.595. The van der Waals surface area contributed by atoms with Crippen molar-refractivity contribution in [3.8, 4) is 11.4 Å². The minimum atomic E-state index is -0.241. The Hall–Kier alpha value is -2.86. The molecular formula is C22H23ClN4O2. The van der Waals surface area contributed by atoms with Crippen LogP contribution in [0.2, 0.25) is 5.02 Å². The van der Waals surface area contributed by atoms with Gasteiger partial charge in [-0.05, 0) is 56.9 Å². The molecule has 0 spiro atoms. The first-order valence-electron chi connectivity index (χ1n) is 9.75. The number of carbonyl (C=O) groups excluding carboxylic acids is 1. The first kappa shape index (κ1) is 19.5. The second-order valence-electron chi connectivity index (χ2n) is 7.42. The van der Waals surface area contributed by atoms with Gasteiger partial charge in [-0.15, -0.1) is 0 Å². The number of likely N-dealkylation sites (tertiary alicyclic amines) is 1. The number of halogens is 1. The molecule has 150 valence electrons. The molecule has 1 unspecified atom stereocenters. The molecule has 0 saturated carbocycles. The summed E-state index contributed by atoms with van der Waals surface area (Å²) in [6, 6.07) is 12.9. The molecule has 3 aromatic rings. The van der Waals surface area contributed by atoms with Gasteiger partial charge in [-0.2, -0.15) is 4.98 Å². The van der Waals surface area contributed by atoms with E-state index in [-0.39, 0.29) is 12.1 Å². The number of hydrogen-bond donors (Lipinski definition) is 1. The smallest absolute Gasteiger partial charge is 0.322 e.